The van der Waals surface area contributed by atoms with Crippen LogP contribution < -0.4 is 10.1 Å². The number of alkyl halides is 1. The van der Waals surface area contributed by atoms with E-state index < -0.39 is 11.8 Å². The number of hydrogen-bond acceptors (Lipinski definition) is 8. The third-order valence-electron chi connectivity index (χ3n) is 8.74. The van der Waals surface area contributed by atoms with Gasteiger partial charge in [-0.25, -0.2) is 8.78 Å². The molecule has 0 radical (unpaired) electrons. The molecular weight excluding hydrogens is 528 g/mol. The first kappa shape index (κ1) is 26.0. The Labute approximate surface area is 235 Å². The van der Waals surface area contributed by atoms with Gasteiger partial charge < -0.3 is 15.2 Å². The van der Waals surface area contributed by atoms with Gasteiger partial charge in [-0.05, 0) is 61.2 Å². The molecule has 0 saturated carbocycles. The lowest BCUT2D eigenvalue weighted by Crippen LogP contribution is -2.43. The molecule has 2 saturated heterocycles. The van der Waals surface area contributed by atoms with Crippen LogP contribution in [-0.2, 0) is 18.6 Å². The molecule has 9 nitrogen and oxygen atoms in total. The fourth-order valence-electron chi connectivity index (χ4n) is 6.46. The Morgan fingerprint density at radius 2 is 2.17 bits per heavy atom. The fraction of sp³-hybridized carbons (Fsp3) is 0.400. The van der Waals surface area contributed by atoms with E-state index in [4.69, 9.17) is 4.74 Å². The Balaban J connectivity index is 1.23. The fourth-order valence-corrected chi connectivity index (χ4v) is 6.46. The van der Waals surface area contributed by atoms with Crippen LogP contribution in [0.2, 0.25) is 0 Å². The van der Waals surface area contributed by atoms with E-state index in [-0.39, 0.29) is 23.8 Å². The zero-order valence-corrected chi connectivity index (χ0v) is 22.7. The molecule has 0 amide bonds. The molecule has 1 aromatic carbocycles. The zero-order valence-electron chi connectivity index (χ0n) is 22.7. The Kier molecular flexibility index (Phi) is 6.24. The van der Waals surface area contributed by atoms with Crippen molar-refractivity contribution in [2.24, 2.45) is 0 Å². The zero-order chi connectivity index (χ0) is 28.2. The van der Waals surface area contributed by atoms with Crippen molar-refractivity contribution in [2.45, 2.75) is 56.5 Å². The van der Waals surface area contributed by atoms with Gasteiger partial charge in [-0.3, -0.25) is 15.0 Å². The maximum atomic E-state index is 14.6. The summed E-state index contributed by atoms with van der Waals surface area (Å²) in [6, 6.07) is 6.71. The van der Waals surface area contributed by atoms with Gasteiger partial charge in [-0.2, -0.15) is 15.1 Å². The average Bonchev–Trinajstić information content (AvgIpc) is 3.64. The van der Waals surface area contributed by atoms with Gasteiger partial charge in [0, 0.05) is 25.6 Å². The number of ether oxygens (including phenoxy) is 1. The molecule has 3 N–H and O–H groups in total. The van der Waals surface area contributed by atoms with Crippen LogP contribution in [-0.4, -0.2) is 66.6 Å². The van der Waals surface area contributed by atoms with E-state index in [0.717, 1.165) is 36.2 Å². The quantitative estimate of drug-likeness (QED) is 0.309. The van der Waals surface area contributed by atoms with E-state index in [9.17, 15) is 13.9 Å². The number of nitrogens with one attached hydrogen (secondary N) is 2. The van der Waals surface area contributed by atoms with Crippen molar-refractivity contribution in [1.29, 1.82) is 0 Å². The van der Waals surface area contributed by atoms with Crippen LogP contribution in [0.1, 0.15) is 47.3 Å². The van der Waals surface area contributed by atoms with Gasteiger partial charge in [-0.15, -0.1) is 0 Å². The maximum absolute atomic E-state index is 14.6. The van der Waals surface area contributed by atoms with E-state index in [1.165, 1.54) is 6.07 Å². The summed E-state index contributed by atoms with van der Waals surface area (Å²) in [5.41, 5.74) is 2.08. The summed E-state index contributed by atoms with van der Waals surface area (Å²) in [6.45, 7) is 3.99. The minimum atomic E-state index is -1.51. The van der Waals surface area contributed by atoms with E-state index in [1.807, 2.05) is 13.0 Å². The number of H-pyrrole nitrogens is 1. The summed E-state index contributed by atoms with van der Waals surface area (Å²) in [6.07, 6.45) is 8.23. The highest BCUT2D eigenvalue weighted by molar-refractivity contribution is 5.89. The van der Waals surface area contributed by atoms with Gasteiger partial charge in [-0.1, -0.05) is 18.2 Å². The molecule has 4 aromatic rings. The number of aromatic nitrogens is 5. The minimum absolute atomic E-state index is 0.0470. The Morgan fingerprint density at radius 3 is 3.02 bits per heavy atom. The molecule has 1 aliphatic carbocycles. The molecule has 0 bridgehead atoms. The van der Waals surface area contributed by atoms with Gasteiger partial charge in [0.2, 0.25) is 0 Å². The first-order valence-electron chi connectivity index (χ1n) is 13.9. The number of benzene rings is 1. The first-order valence-corrected chi connectivity index (χ1v) is 13.9. The van der Waals surface area contributed by atoms with Crippen LogP contribution in [0.4, 0.5) is 14.6 Å². The molecule has 5 heterocycles. The SMILES string of the molecule is Cc1cn[nH]c1CNc1nc(OC[C@@]23CCCN2C[C@H](F)C3)nc2cc(C3(O)C=Cc4cccc(F)c4C3)ncc12. The van der Waals surface area contributed by atoms with Crippen molar-refractivity contribution >= 4 is 22.8 Å². The maximum Gasteiger partial charge on any atom is 0.319 e. The van der Waals surface area contributed by atoms with Gasteiger partial charge in [0.25, 0.3) is 0 Å². The number of hydrogen-bond donors (Lipinski definition) is 3. The second-order valence-electron chi connectivity index (χ2n) is 11.4. The number of aromatic amines is 1. The van der Waals surface area contributed by atoms with Gasteiger partial charge in [0.15, 0.2) is 0 Å². The summed E-state index contributed by atoms with van der Waals surface area (Å²) in [4.78, 5) is 16.1. The number of aryl methyl sites for hydroxylation is 1. The normalized spacial score (nSPS) is 25.4. The van der Waals surface area contributed by atoms with Crippen molar-refractivity contribution in [3.05, 3.63) is 76.6 Å². The predicted octanol–water partition coefficient (Wildman–Crippen LogP) is 4.22. The van der Waals surface area contributed by atoms with Crippen LogP contribution in [0.5, 0.6) is 6.01 Å². The predicted molar refractivity (Wildman–Crippen MR) is 150 cm³/mol. The van der Waals surface area contributed by atoms with E-state index in [2.05, 4.69) is 35.4 Å². The Hall–Kier alpha value is -3.96. The minimum Gasteiger partial charge on any atom is -0.461 e. The highest BCUT2D eigenvalue weighted by Crippen LogP contribution is 2.41. The second kappa shape index (κ2) is 9.85. The molecule has 41 heavy (non-hydrogen) atoms. The molecular formula is C30H31F2N7O2. The number of rotatable bonds is 7. The second-order valence-corrected chi connectivity index (χ2v) is 11.4. The van der Waals surface area contributed by atoms with E-state index in [1.54, 1.807) is 36.7 Å². The summed E-state index contributed by atoms with van der Waals surface area (Å²) >= 11 is 0. The molecule has 3 aliphatic rings. The number of aliphatic hydroxyl groups is 1. The van der Waals surface area contributed by atoms with Crippen molar-refractivity contribution in [1.82, 2.24) is 30.0 Å². The molecule has 0 spiro atoms. The van der Waals surface area contributed by atoms with Crippen LogP contribution >= 0.6 is 0 Å². The molecule has 2 aliphatic heterocycles. The van der Waals surface area contributed by atoms with Crippen molar-refractivity contribution in [2.75, 3.05) is 25.0 Å². The third kappa shape index (κ3) is 4.62. The molecule has 1 unspecified atom stereocenters. The average molecular weight is 560 g/mol. The van der Waals surface area contributed by atoms with Gasteiger partial charge in [0.1, 0.15) is 30.0 Å². The lowest BCUT2D eigenvalue weighted by Gasteiger charge is -2.31. The van der Waals surface area contributed by atoms with Crippen molar-refractivity contribution in [3.63, 3.8) is 0 Å². The van der Waals surface area contributed by atoms with E-state index >= 15 is 0 Å². The topological polar surface area (TPSA) is 112 Å². The van der Waals surface area contributed by atoms with Gasteiger partial charge >= 0.3 is 6.01 Å². The standard InChI is InChI=1S/C30H31F2N7O2/c1-18-13-35-38-25(18)15-34-27-22-14-33-26(30(40)8-6-19-4-2-5-23(32)21(19)12-30)10-24(22)36-28(37-27)41-17-29-7-3-9-39(29)16-20(31)11-29/h2,4-6,8,10,13-14,20,40H,3,7,9,11-12,15-17H2,1H3,(H,35,38)(H,34,36,37)/t20-,29+,30?/m1/s1. The number of anilines is 1. The van der Waals surface area contributed by atoms with Crippen molar-refractivity contribution < 1.29 is 18.6 Å². The third-order valence-corrected chi connectivity index (χ3v) is 8.74. The summed E-state index contributed by atoms with van der Waals surface area (Å²) in [7, 11) is 0. The summed E-state index contributed by atoms with van der Waals surface area (Å²) in [5.74, 6) is 0.142. The Morgan fingerprint density at radius 1 is 1.27 bits per heavy atom. The number of nitrogens with zero attached hydrogens (tertiary/aromatic N) is 5. The largest absolute Gasteiger partial charge is 0.461 e. The molecule has 7 rings (SSSR count). The molecule has 3 aromatic heterocycles. The molecule has 212 valence electrons. The lowest BCUT2D eigenvalue weighted by atomic mass is 9.83. The summed E-state index contributed by atoms with van der Waals surface area (Å²) < 4.78 is 35.1. The molecule has 11 heteroatoms. The number of pyridine rings is 1. The highest BCUT2D eigenvalue weighted by Gasteiger charge is 2.49. The van der Waals surface area contributed by atoms with Crippen LogP contribution in [0.3, 0.4) is 0 Å². The molecule has 2 fully saturated rings. The lowest BCUT2D eigenvalue weighted by molar-refractivity contribution is 0.0836. The smallest absolute Gasteiger partial charge is 0.319 e. The van der Waals surface area contributed by atoms with Crippen LogP contribution in [0, 0.1) is 12.7 Å². The first-order chi connectivity index (χ1) is 19.8. The van der Waals surface area contributed by atoms with E-state index in [0.29, 0.717) is 54.1 Å². The highest BCUT2D eigenvalue weighted by atomic mass is 19.1. The number of fused-ring (bicyclic) bond motifs is 3. The van der Waals surface area contributed by atoms with Crippen LogP contribution in [0.15, 0.2) is 42.7 Å². The van der Waals surface area contributed by atoms with Gasteiger partial charge in [0.05, 0.1) is 40.6 Å². The Bertz CT molecular complexity index is 1660. The van der Waals surface area contributed by atoms with Crippen LogP contribution in [0.25, 0.3) is 17.0 Å². The monoisotopic (exact) mass is 559 g/mol. The number of halogens is 2. The summed E-state index contributed by atoms with van der Waals surface area (Å²) in [5, 5.41) is 22.6. The molecule has 3 atom stereocenters. The van der Waals surface area contributed by atoms with Crippen molar-refractivity contribution in [3.8, 4) is 6.01 Å².